The van der Waals surface area contributed by atoms with Gasteiger partial charge in [0.15, 0.2) is 0 Å². The Labute approximate surface area is 185 Å². The van der Waals surface area contributed by atoms with Crippen molar-refractivity contribution >= 4 is 33.2 Å². The molecule has 0 fully saturated rings. The number of unbranched alkanes of at least 4 members (excludes halogenated alkanes) is 5. The van der Waals surface area contributed by atoms with E-state index in [4.69, 9.17) is 4.74 Å². The first kappa shape index (κ1) is 24.8. The molecular weight excluding hydrogens is 438 g/mol. The monoisotopic (exact) mass is 463 g/mol. The van der Waals surface area contributed by atoms with Gasteiger partial charge in [-0.05, 0) is 29.8 Å². The minimum absolute atomic E-state index is 0.0130. The molecule has 0 aliphatic carbocycles. The quantitative estimate of drug-likeness (QED) is 0.207. The fraction of sp³-hybridized carbons (Fsp3) is 0.421. The first-order valence-electron chi connectivity index (χ1n) is 10.0. The molecule has 172 valence electrons. The molecule has 2 rings (SSSR count). The summed E-state index contributed by atoms with van der Waals surface area (Å²) in [6, 6.07) is 5.52. The summed E-state index contributed by atoms with van der Waals surface area (Å²) in [6.07, 6.45) is 6.79. The molecule has 1 heterocycles. The maximum atomic E-state index is 12.0. The Balaban J connectivity index is 2.04. The molecule has 4 N–H and O–H groups in total. The lowest BCUT2D eigenvalue weighted by atomic mass is 10.1. The Bertz CT molecular complexity index is 1060. The predicted octanol–water partition coefficient (Wildman–Crippen LogP) is 3.33. The van der Waals surface area contributed by atoms with Crippen molar-refractivity contribution < 1.29 is 22.5 Å². The van der Waals surface area contributed by atoms with E-state index in [2.05, 4.69) is 38.2 Å². The third kappa shape index (κ3) is 7.97. The van der Waals surface area contributed by atoms with Gasteiger partial charge < -0.3 is 10.1 Å². The zero-order valence-electron chi connectivity index (χ0n) is 17.5. The summed E-state index contributed by atoms with van der Waals surface area (Å²) in [5.74, 6) is -0.0130. The lowest BCUT2D eigenvalue weighted by Gasteiger charge is -2.11. The number of rotatable bonds is 12. The number of hydrogen-bond acceptors (Lipinski definition) is 9. The SMILES string of the molecule is CCCCCCCCOC(=O)Nc1ccc(S(=O)(=O)O)c(NC=C(C#N)c2nn[nH]n2)c1. The van der Waals surface area contributed by atoms with Crippen LogP contribution in [0.3, 0.4) is 0 Å². The van der Waals surface area contributed by atoms with E-state index in [9.17, 15) is 23.0 Å². The summed E-state index contributed by atoms with van der Waals surface area (Å²) in [4.78, 5) is 11.6. The van der Waals surface area contributed by atoms with E-state index in [1.807, 2.05) is 6.07 Å². The number of carbonyl (C=O) groups excluding carboxylic acids is 1. The summed E-state index contributed by atoms with van der Waals surface area (Å²) in [7, 11) is -4.58. The number of amides is 1. The number of nitriles is 1. The molecular formula is C19H25N7O5S. The van der Waals surface area contributed by atoms with Gasteiger partial charge in [-0.1, -0.05) is 39.0 Å². The van der Waals surface area contributed by atoms with Gasteiger partial charge in [-0.15, -0.1) is 10.2 Å². The van der Waals surface area contributed by atoms with E-state index in [-0.39, 0.29) is 29.4 Å². The standard InChI is InChI=1S/C19H25N7O5S/c1-2-3-4-5-6-7-10-31-19(27)22-15-8-9-17(32(28,29)30)16(11-15)21-13-14(12-20)18-23-25-26-24-18/h8-9,11,13,21H,2-7,10H2,1H3,(H,22,27)(H,28,29,30)(H,23,24,25,26). The molecule has 2 aromatic rings. The predicted molar refractivity (Wildman–Crippen MR) is 116 cm³/mol. The van der Waals surface area contributed by atoms with Gasteiger partial charge in [-0.3, -0.25) is 9.87 Å². The highest BCUT2D eigenvalue weighted by Gasteiger charge is 2.17. The van der Waals surface area contributed by atoms with E-state index in [1.165, 1.54) is 18.6 Å². The molecule has 0 atom stereocenters. The van der Waals surface area contributed by atoms with Crippen molar-refractivity contribution in [1.82, 2.24) is 20.6 Å². The van der Waals surface area contributed by atoms with Crippen molar-refractivity contribution in [3.05, 3.63) is 30.2 Å². The molecule has 32 heavy (non-hydrogen) atoms. The second-order valence-electron chi connectivity index (χ2n) is 6.76. The highest BCUT2D eigenvalue weighted by Crippen LogP contribution is 2.26. The van der Waals surface area contributed by atoms with Crippen molar-refractivity contribution in [2.24, 2.45) is 0 Å². The molecule has 0 aliphatic rings. The fourth-order valence-corrected chi connectivity index (χ4v) is 3.36. The average molecular weight is 464 g/mol. The minimum atomic E-state index is -4.58. The van der Waals surface area contributed by atoms with E-state index in [1.54, 1.807) is 0 Å². The van der Waals surface area contributed by atoms with Crippen LogP contribution < -0.4 is 10.6 Å². The van der Waals surface area contributed by atoms with Crippen molar-refractivity contribution in [2.45, 2.75) is 50.3 Å². The van der Waals surface area contributed by atoms with Crippen molar-refractivity contribution in [3.8, 4) is 6.07 Å². The number of nitrogens with one attached hydrogen (secondary N) is 3. The van der Waals surface area contributed by atoms with Crippen LogP contribution in [0.5, 0.6) is 0 Å². The number of anilines is 2. The molecule has 13 heteroatoms. The van der Waals surface area contributed by atoms with Gasteiger partial charge in [0.25, 0.3) is 10.1 Å². The number of allylic oxidation sites excluding steroid dienone is 1. The number of nitrogens with zero attached hydrogens (tertiary/aromatic N) is 4. The molecule has 12 nitrogen and oxygen atoms in total. The van der Waals surface area contributed by atoms with E-state index in [0.717, 1.165) is 44.4 Å². The van der Waals surface area contributed by atoms with Gasteiger partial charge in [0.05, 0.1) is 12.3 Å². The second-order valence-corrected chi connectivity index (χ2v) is 8.15. The maximum absolute atomic E-state index is 12.0. The first-order chi connectivity index (χ1) is 15.3. The minimum Gasteiger partial charge on any atom is -0.449 e. The highest BCUT2D eigenvalue weighted by molar-refractivity contribution is 7.86. The first-order valence-corrected chi connectivity index (χ1v) is 11.4. The van der Waals surface area contributed by atoms with Gasteiger partial charge in [0, 0.05) is 11.9 Å². The summed E-state index contributed by atoms with van der Waals surface area (Å²) >= 11 is 0. The molecule has 0 saturated heterocycles. The molecule has 0 unspecified atom stereocenters. The number of tetrazole rings is 1. The smallest absolute Gasteiger partial charge is 0.411 e. The molecule has 0 spiro atoms. The lowest BCUT2D eigenvalue weighted by molar-refractivity contribution is 0.159. The molecule has 0 bridgehead atoms. The van der Waals surface area contributed by atoms with Crippen LogP contribution in [0, 0.1) is 11.3 Å². The number of aromatic nitrogens is 4. The number of carbonyl (C=O) groups is 1. The lowest BCUT2D eigenvalue weighted by Crippen LogP contribution is -2.15. The third-order valence-corrected chi connectivity index (χ3v) is 5.23. The molecule has 1 aromatic heterocycles. The van der Waals surface area contributed by atoms with Crippen LogP contribution in [0.1, 0.15) is 51.3 Å². The van der Waals surface area contributed by atoms with Crippen LogP contribution in [0.15, 0.2) is 29.3 Å². The van der Waals surface area contributed by atoms with Gasteiger partial charge in [0.2, 0.25) is 5.82 Å². The third-order valence-electron chi connectivity index (χ3n) is 4.31. The molecule has 1 amide bonds. The highest BCUT2D eigenvalue weighted by atomic mass is 32.2. The van der Waals surface area contributed by atoms with Crippen molar-refractivity contribution in [2.75, 3.05) is 17.2 Å². The summed E-state index contributed by atoms with van der Waals surface area (Å²) in [5, 5.41) is 27.2. The Morgan fingerprint density at radius 2 is 2.03 bits per heavy atom. The number of aromatic amines is 1. The largest absolute Gasteiger partial charge is 0.449 e. The molecule has 0 saturated carbocycles. The number of ether oxygens (including phenoxy) is 1. The Kier molecular flexibility index (Phi) is 9.58. The number of H-pyrrole nitrogens is 1. The summed E-state index contributed by atoms with van der Waals surface area (Å²) in [6.45, 7) is 2.41. The van der Waals surface area contributed by atoms with Gasteiger partial charge >= 0.3 is 6.09 Å². The van der Waals surface area contributed by atoms with Crippen LogP contribution in [0.2, 0.25) is 0 Å². The van der Waals surface area contributed by atoms with E-state index in [0.29, 0.717) is 0 Å². The van der Waals surface area contributed by atoms with Crippen LogP contribution in [-0.2, 0) is 14.9 Å². The van der Waals surface area contributed by atoms with E-state index >= 15 is 0 Å². The van der Waals surface area contributed by atoms with Crippen LogP contribution in [0.4, 0.5) is 16.2 Å². The normalized spacial score (nSPS) is 11.6. The van der Waals surface area contributed by atoms with E-state index < -0.39 is 21.1 Å². The summed E-state index contributed by atoms with van der Waals surface area (Å²) < 4.78 is 38.0. The van der Waals surface area contributed by atoms with Crippen molar-refractivity contribution in [1.29, 1.82) is 5.26 Å². The number of hydrogen-bond donors (Lipinski definition) is 4. The average Bonchev–Trinajstić information content (AvgIpc) is 3.27. The zero-order valence-corrected chi connectivity index (χ0v) is 18.4. The van der Waals surface area contributed by atoms with Gasteiger partial charge in [-0.25, -0.2) is 4.79 Å². The van der Waals surface area contributed by atoms with Gasteiger partial charge in [0.1, 0.15) is 16.5 Å². The zero-order chi connectivity index (χ0) is 23.4. The molecule has 1 aromatic carbocycles. The van der Waals surface area contributed by atoms with Crippen LogP contribution in [0.25, 0.3) is 5.57 Å². The molecule has 0 radical (unpaired) electrons. The fourth-order valence-electron chi connectivity index (χ4n) is 2.72. The molecule has 0 aliphatic heterocycles. The Morgan fingerprint density at radius 3 is 2.69 bits per heavy atom. The van der Waals surface area contributed by atoms with Crippen LogP contribution in [-0.4, -0.2) is 46.3 Å². The topological polar surface area (TPSA) is 183 Å². The second kappa shape index (κ2) is 12.4. The maximum Gasteiger partial charge on any atom is 0.411 e. The number of benzene rings is 1. The van der Waals surface area contributed by atoms with Gasteiger partial charge in [-0.2, -0.15) is 18.9 Å². The Morgan fingerprint density at radius 1 is 1.28 bits per heavy atom. The summed E-state index contributed by atoms with van der Waals surface area (Å²) in [5.41, 5.74) is 0.0912. The Hall–Kier alpha value is -3.50. The van der Waals surface area contributed by atoms with Crippen molar-refractivity contribution in [3.63, 3.8) is 0 Å². The van der Waals surface area contributed by atoms with Crippen LogP contribution >= 0.6 is 0 Å².